The minimum absolute atomic E-state index is 0.439. The van der Waals surface area contributed by atoms with E-state index < -0.39 is 12.0 Å². The van der Waals surface area contributed by atoms with Crippen molar-refractivity contribution in [1.29, 1.82) is 0 Å². The predicted molar refractivity (Wildman–Crippen MR) is 52.2 cm³/mol. The number of amides is 1. The average molecular weight is 203 g/mol. The molecular weight excluding hydrogens is 190 g/mol. The van der Waals surface area contributed by atoms with Crippen molar-refractivity contribution >= 4 is 23.2 Å². The van der Waals surface area contributed by atoms with E-state index in [0.29, 0.717) is 24.8 Å². The number of hydrogen-bond donors (Lipinski definition) is 2. The van der Waals surface area contributed by atoms with E-state index in [-0.39, 0.29) is 0 Å². The second-order valence-electron chi connectivity index (χ2n) is 2.76. The van der Waals surface area contributed by atoms with Crippen LogP contribution < -0.4 is 11.1 Å². The lowest BCUT2D eigenvalue weighted by Gasteiger charge is -2.32. The minimum atomic E-state index is -0.542. The Morgan fingerprint density at radius 3 is 3.00 bits per heavy atom. The van der Waals surface area contributed by atoms with Gasteiger partial charge in [-0.2, -0.15) is 0 Å². The van der Waals surface area contributed by atoms with Crippen molar-refractivity contribution in [1.82, 2.24) is 10.2 Å². The highest BCUT2D eigenvalue weighted by Gasteiger charge is 2.25. The molecule has 3 N–H and O–H groups in total. The fourth-order valence-corrected chi connectivity index (χ4v) is 1.33. The van der Waals surface area contributed by atoms with Gasteiger partial charge in [-0.25, -0.2) is 0 Å². The van der Waals surface area contributed by atoms with E-state index in [9.17, 15) is 4.79 Å². The summed E-state index contributed by atoms with van der Waals surface area (Å²) < 4.78 is 5.16. The third-order valence-electron chi connectivity index (χ3n) is 1.88. The van der Waals surface area contributed by atoms with E-state index in [1.54, 1.807) is 7.05 Å². The largest absolute Gasteiger partial charge is 0.367 e. The summed E-state index contributed by atoms with van der Waals surface area (Å²) in [6, 6.07) is 0. The molecule has 1 amide bonds. The second-order valence-corrected chi connectivity index (χ2v) is 3.15. The molecule has 6 heteroatoms. The zero-order chi connectivity index (χ0) is 9.84. The van der Waals surface area contributed by atoms with Crippen molar-refractivity contribution in [2.24, 2.45) is 5.73 Å². The first-order chi connectivity index (χ1) is 6.15. The molecule has 74 valence electrons. The van der Waals surface area contributed by atoms with E-state index in [4.69, 9.17) is 22.7 Å². The van der Waals surface area contributed by atoms with Crippen molar-refractivity contribution in [3.05, 3.63) is 0 Å². The number of carbonyl (C=O) groups is 1. The highest BCUT2D eigenvalue weighted by atomic mass is 32.1. The highest BCUT2D eigenvalue weighted by Crippen LogP contribution is 2.04. The van der Waals surface area contributed by atoms with Crippen LogP contribution in [0.2, 0.25) is 0 Å². The Bertz CT molecular complexity index is 222. The third kappa shape index (κ3) is 2.53. The Hall–Kier alpha value is -0.880. The molecule has 1 heterocycles. The molecule has 0 radical (unpaired) electrons. The van der Waals surface area contributed by atoms with Gasteiger partial charge in [-0.05, 0) is 12.2 Å². The Labute approximate surface area is 82.2 Å². The summed E-state index contributed by atoms with van der Waals surface area (Å²) in [5.41, 5.74) is 5.12. The second kappa shape index (κ2) is 4.38. The standard InChI is InChI=1S/C7H13N3O2S/c1-9-7(13)10-2-3-12-5(4-10)6(8)11/h5H,2-4H2,1H3,(H2,8,11)(H,9,13). The van der Waals surface area contributed by atoms with Gasteiger partial charge in [-0.3, -0.25) is 4.79 Å². The van der Waals surface area contributed by atoms with Crippen molar-refractivity contribution < 1.29 is 9.53 Å². The molecule has 1 aliphatic heterocycles. The Morgan fingerprint density at radius 1 is 1.77 bits per heavy atom. The maximum atomic E-state index is 10.8. The molecule has 1 atom stereocenters. The molecule has 0 spiro atoms. The van der Waals surface area contributed by atoms with Crippen molar-refractivity contribution in [3.63, 3.8) is 0 Å². The summed E-state index contributed by atoms with van der Waals surface area (Å²) in [6.07, 6.45) is -0.542. The molecule has 0 aliphatic carbocycles. The van der Waals surface area contributed by atoms with Gasteiger partial charge in [0.15, 0.2) is 11.2 Å². The van der Waals surface area contributed by atoms with Crippen molar-refractivity contribution in [2.75, 3.05) is 26.7 Å². The SMILES string of the molecule is CNC(=S)N1CCOC(C(N)=O)C1. The van der Waals surface area contributed by atoms with Gasteiger partial charge in [0, 0.05) is 13.6 Å². The van der Waals surface area contributed by atoms with E-state index in [1.165, 1.54) is 0 Å². The van der Waals surface area contributed by atoms with Crippen LogP contribution in [-0.2, 0) is 9.53 Å². The lowest BCUT2D eigenvalue weighted by molar-refractivity contribution is -0.133. The van der Waals surface area contributed by atoms with Gasteiger partial charge < -0.3 is 20.7 Å². The molecule has 13 heavy (non-hydrogen) atoms. The molecule has 1 saturated heterocycles. The first kappa shape index (κ1) is 10.2. The average Bonchev–Trinajstić information content (AvgIpc) is 2.17. The van der Waals surface area contributed by atoms with Gasteiger partial charge in [0.2, 0.25) is 5.91 Å². The number of carbonyl (C=O) groups excluding carboxylic acids is 1. The number of nitrogens with zero attached hydrogens (tertiary/aromatic N) is 1. The van der Waals surface area contributed by atoms with Crippen LogP contribution in [0.5, 0.6) is 0 Å². The molecule has 1 aliphatic rings. The smallest absolute Gasteiger partial charge is 0.248 e. The summed E-state index contributed by atoms with van der Waals surface area (Å²) in [5, 5.41) is 3.46. The normalized spacial score (nSPS) is 22.5. The van der Waals surface area contributed by atoms with E-state index in [2.05, 4.69) is 5.32 Å². The molecule has 1 unspecified atom stereocenters. The van der Waals surface area contributed by atoms with Gasteiger partial charge in [0.1, 0.15) is 0 Å². The summed E-state index contributed by atoms with van der Waals surface area (Å²) in [6.45, 7) is 1.62. The van der Waals surface area contributed by atoms with Crippen LogP contribution in [0, 0.1) is 0 Å². The van der Waals surface area contributed by atoms with E-state index >= 15 is 0 Å². The number of rotatable bonds is 1. The van der Waals surface area contributed by atoms with Crippen molar-refractivity contribution in [2.45, 2.75) is 6.10 Å². The molecule has 0 bridgehead atoms. The Kier molecular flexibility index (Phi) is 3.44. The number of hydrogen-bond acceptors (Lipinski definition) is 3. The van der Waals surface area contributed by atoms with Gasteiger partial charge in [-0.1, -0.05) is 0 Å². The van der Waals surface area contributed by atoms with Crippen LogP contribution in [0.4, 0.5) is 0 Å². The summed E-state index contributed by atoms with van der Waals surface area (Å²) >= 11 is 5.02. The molecule has 0 aromatic rings. The van der Waals surface area contributed by atoms with Crippen LogP contribution >= 0.6 is 12.2 Å². The predicted octanol–water partition coefficient (Wildman–Crippen LogP) is -1.32. The maximum Gasteiger partial charge on any atom is 0.248 e. The lowest BCUT2D eigenvalue weighted by atomic mass is 10.3. The number of thiocarbonyl (C=S) groups is 1. The topological polar surface area (TPSA) is 67.6 Å². The van der Waals surface area contributed by atoms with E-state index in [0.717, 1.165) is 0 Å². The minimum Gasteiger partial charge on any atom is -0.367 e. The first-order valence-corrected chi connectivity index (χ1v) is 4.43. The zero-order valence-electron chi connectivity index (χ0n) is 7.45. The molecule has 1 fully saturated rings. The number of morpholine rings is 1. The third-order valence-corrected chi connectivity index (χ3v) is 2.35. The number of primary amides is 1. The summed E-state index contributed by atoms with van der Waals surface area (Å²) in [4.78, 5) is 12.7. The van der Waals surface area contributed by atoms with E-state index in [1.807, 2.05) is 4.90 Å². The Morgan fingerprint density at radius 2 is 2.46 bits per heavy atom. The fourth-order valence-electron chi connectivity index (χ4n) is 1.16. The van der Waals surface area contributed by atoms with Crippen LogP contribution in [0.1, 0.15) is 0 Å². The monoisotopic (exact) mass is 203 g/mol. The molecule has 1 rings (SSSR count). The van der Waals surface area contributed by atoms with Crippen LogP contribution in [0.25, 0.3) is 0 Å². The number of ether oxygens (including phenoxy) is 1. The zero-order valence-corrected chi connectivity index (χ0v) is 8.26. The quantitative estimate of drug-likeness (QED) is 0.517. The highest BCUT2D eigenvalue weighted by molar-refractivity contribution is 7.80. The van der Waals surface area contributed by atoms with Crippen molar-refractivity contribution in [3.8, 4) is 0 Å². The van der Waals surface area contributed by atoms with Crippen LogP contribution in [0.3, 0.4) is 0 Å². The number of nitrogens with two attached hydrogens (primary N) is 1. The lowest BCUT2D eigenvalue weighted by Crippen LogP contribution is -2.52. The molecule has 0 aromatic carbocycles. The van der Waals surface area contributed by atoms with Gasteiger partial charge in [0.25, 0.3) is 0 Å². The van der Waals surface area contributed by atoms with Gasteiger partial charge >= 0.3 is 0 Å². The molecular formula is C7H13N3O2S. The first-order valence-electron chi connectivity index (χ1n) is 4.02. The Balaban J connectivity index is 2.51. The number of nitrogens with one attached hydrogen (secondary N) is 1. The fraction of sp³-hybridized carbons (Fsp3) is 0.714. The molecule has 0 aromatic heterocycles. The summed E-state index contributed by atoms with van der Waals surface area (Å²) in [5.74, 6) is -0.441. The maximum absolute atomic E-state index is 10.8. The van der Waals surface area contributed by atoms with Crippen LogP contribution in [0.15, 0.2) is 0 Å². The van der Waals surface area contributed by atoms with Crippen LogP contribution in [-0.4, -0.2) is 48.8 Å². The summed E-state index contributed by atoms with van der Waals surface area (Å²) in [7, 11) is 1.75. The van der Waals surface area contributed by atoms with Gasteiger partial charge in [-0.15, -0.1) is 0 Å². The van der Waals surface area contributed by atoms with Gasteiger partial charge in [0.05, 0.1) is 13.2 Å². The molecule has 5 nitrogen and oxygen atoms in total. The molecule has 0 saturated carbocycles.